The Balaban J connectivity index is 2.88. The molecule has 6 nitrogen and oxygen atoms in total. The highest BCUT2D eigenvalue weighted by Crippen LogP contribution is 2.69. The highest BCUT2D eigenvalue weighted by atomic mass is 31.2. The summed E-state index contributed by atoms with van der Waals surface area (Å²) in [5.74, 6) is -2.65. The molecule has 0 spiro atoms. The number of ether oxygens (including phenoxy) is 1. The van der Waals surface area contributed by atoms with E-state index in [0.29, 0.717) is 0 Å². The number of esters is 1. The van der Waals surface area contributed by atoms with Crippen molar-refractivity contribution in [2.24, 2.45) is 17.3 Å². The van der Waals surface area contributed by atoms with Gasteiger partial charge >= 0.3 is 13.6 Å². The van der Waals surface area contributed by atoms with Crippen molar-refractivity contribution in [2.45, 2.75) is 40.5 Å². The maximum atomic E-state index is 12.6. The van der Waals surface area contributed by atoms with Gasteiger partial charge in [-0.2, -0.15) is 0 Å². The van der Waals surface area contributed by atoms with Crippen LogP contribution >= 0.6 is 7.60 Å². The van der Waals surface area contributed by atoms with Gasteiger partial charge in [0.05, 0.1) is 25.7 Å². The third kappa shape index (κ3) is 3.25. The second-order valence-electron chi connectivity index (χ2n) is 5.37. The van der Waals surface area contributed by atoms with Crippen LogP contribution < -0.4 is 0 Å². The fraction of sp³-hybridized carbons (Fsp3) is 0.923. The first kappa shape index (κ1) is 17.6. The number of carbonyl (C=O) groups is 1. The normalized spacial score (nSPS) is 26.1. The van der Waals surface area contributed by atoms with Crippen molar-refractivity contribution < 1.29 is 28.3 Å². The third-order valence-corrected chi connectivity index (χ3v) is 5.92. The Bertz CT molecular complexity index is 384. The number of aliphatic hydroxyl groups is 1. The van der Waals surface area contributed by atoms with Crippen LogP contribution in [0.2, 0.25) is 0 Å². The molecule has 1 aliphatic rings. The van der Waals surface area contributed by atoms with Crippen LogP contribution in [0.15, 0.2) is 0 Å². The van der Waals surface area contributed by atoms with E-state index in [1.54, 1.807) is 20.8 Å². The number of aliphatic hydroxyl groups excluding tert-OH is 1. The monoisotopic (exact) mass is 308 g/mol. The van der Waals surface area contributed by atoms with E-state index in [1.165, 1.54) is 0 Å². The maximum Gasteiger partial charge on any atom is 0.359 e. The molecule has 0 aromatic carbocycles. The lowest BCUT2D eigenvalue weighted by molar-refractivity contribution is -0.145. The molecular formula is C13H25O6P. The molecule has 20 heavy (non-hydrogen) atoms. The maximum absolute atomic E-state index is 12.6. The Morgan fingerprint density at radius 1 is 1.20 bits per heavy atom. The van der Waals surface area contributed by atoms with E-state index in [9.17, 15) is 14.5 Å². The molecule has 1 aliphatic carbocycles. The molecule has 1 rings (SSSR count). The first-order chi connectivity index (χ1) is 9.26. The highest BCUT2D eigenvalue weighted by Gasteiger charge is 2.69. The van der Waals surface area contributed by atoms with Crippen molar-refractivity contribution >= 4 is 13.6 Å². The van der Waals surface area contributed by atoms with Gasteiger partial charge in [0.1, 0.15) is 0 Å². The van der Waals surface area contributed by atoms with Gasteiger partial charge in [-0.3, -0.25) is 9.36 Å². The van der Waals surface area contributed by atoms with Crippen LogP contribution in [-0.2, 0) is 23.1 Å². The van der Waals surface area contributed by atoms with Gasteiger partial charge in [-0.25, -0.2) is 0 Å². The first-order valence-electron chi connectivity index (χ1n) is 6.99. The van der Waals surface area contributed by atoms with E-state index in [0.717, 1.165) is 0 Å². The van der Waals surface area contributed by atoms with Gasteiger partial charge in [0.25, 0.3) is 0 Å². The van der Waals surface area contributed by atoms with Gasteiger partial charge in [-0.1, -0.05) is 13.8 Å². The molecule has 0 aromatic rings. The van der Waals surface area contributed by atoms with Gasteiger partial charge in [-0.05, 0) is 26.2 Å². The Morgan fingerprint density at radius 3 is 2.10 bits per heavy atom. The average Bonchev–Trinajstić information content (AvgIpc) is 2.92. The molecular weight excluding hydrogens is 283 g/mol. The second-order valence-corrected chi connectivity index (χ2v) is 7.49. The molecule has 0 aromatic heterocycles. The van der Waals surface area contributed by atoms with Crippen LogP contribution in [-0.4, -0.2) is 36.7 Å². The number of hydrogen-bond donors (Lipinski definition) is 1. The molecule has 1 fully saturated rings. The van der Waals surface area contributed by atoms with Crippen LogP contribution in [0.5, 0.6) is 0 Å². The molecule has 0 heterocycles. The van der Waals surface area contributed by atoms with E-state index >= 15 is 0 Å². The zero-order valence-electron chi connectivity index (χ0n) is 12.8. The molecule has 0 aliphatic heterocycles. The van der Waals surface area contributed by atoms with Crippen LogP contribution in [0.3, 0.4) is 0 Å². The third-order valence-electron chi connectivity index (χ3n) is 3.71. The van der Waals surface area contributed by atoms with Gasteiger partial charge in [-0.15, -0.1) is 0 Å². The Morgan fingerprint density at radius 2 is 1.70 bits per heavy atom. The summed E-state index contributed by atoms with van der Waals surface area (Å²) in [6.07, 6.45) is 0. The van der Waals surface area contributed by atoms with Crippen LogP contribution in [0, 0.1) is 17.3 Å². The zero-order chi connectivity index (χ0) is 15.6. The minimum atomic E-state index is -3.63. The van der Waals surface area contributed by atoms with E-state index in [2.05, 4.69) is 0 Å². The first-order valence-corrected chi connectivity index (χ1v) is 8.60. The van der Waals surface area contributed by atoms with E-state index in [-0.39, 0.29) is 25.8 Å². The predicted octanol–water partition coefficient (Wildman–Crippen LogP) is 2.41. The van der Waals surface area contributed by atoms with Crippen molar-refractivity contribution in [3.8, 4) is 0 Å². The standard InChI is InChI=1S/C13H25O6P/c1-6-17-11(14)9-10(13(9,4)5)12(15)20(16,18-7-2)19-8-3/h9-10,12,15H,6-8H2,1-5H3. The summed E-state index contributed by atoms with van der Waals surface area (Å²) in [6.45, 7) is 9.39. The fourth-order valence-corrected chi connectivity index (χ4v) is 4.71. The quantitative estimate of drug-likeness (QED) is 0.548. The van der Waals surface area contributed by atoms with Crippen LogP contribution in [0.1, 0.15) is 34.6 Å². The molecule has 7 heteroatoms. The Kier molecular flexibility index (Phi) is 5.79. The Labute approximate surface area is 120 Å². The largest absolute Gasteiger partial charge is 0.466 e. The lowest BCUT2D eigenvalue weighted by Gasteiger charge is -2.23. The summed E-state index contributed by atoms with van der Waals surface area (Å²) >= 11 is 0. The minimum absolute atomic E-state index is 0.172. The molecule has 0 amide bonds. The van der Waals surface area contributed by atoms with Crippen molar-refractivity contribution in [3.05, 3.63) is 0 Å². The van der Waals surface area contributed by atoms with Crippen LogP contribution in [0.25, 0.3) is 0 Å². The van der Waals surface area contributed by atoms with Crippen molar-refractivity contribution in [1.82, 2.24) is 0 Å². The van der Waals surface area contributed by atoms with E-state index in [4.69, 9.17) is 13.8 Å². The molecule has 3 unspecified atom stereocenters. The zero-order valence-corrected chi connectivity index (χ0v) is 13.7. The van der Waals surface area contributed by atoms with Gasteiger partial charge in [0.15, 0.2) is 5.85 Å². The molecule has 1 saturated carbocycles. The lowest BCUT2D eigenvalue weighted by Crippen LogP contribution is -2.19. The summed E-state index contributed by atoms with van der Waals surface area (Å²) in [5, 5.41) is 10.4. The van der Waals surface area contributed by atoms with Crippen molar-refractivity contribution in [3.63, 3.8) is 0 Å². The van der Waals surface area contributed by atoms with Crippen molar-refractivity contribution in [1.29, 1.82) is 0 Å². The summed E-state index contributed by atoms with van der Waals surface area (Å²) < 4.78 is 27.8. The smallest absolute Gasteiger partial charge is 0.359 e. The van der Waals surface area contributed by atoms with Gasteiger partial charge in [0.2, 0.25) is 0 Å². The molecule has 3 atom stereocenters. The van der Waals surface area contributed by atoms with E-state index in [1.807, 2.05) is 13.8 Å². The minimum Gasteiger partial charge on any atom is -0.466 e. The average molecular weight is 308 g/mol. The van der Waals surface area contributed by atoms with Crippen LogP contribution in [0.4, 0.5) is 0 Å². The lowest BCUT2D eigenvalue weighted by atomic mass is 10.1. The molecule has 0 bridgehead atoms. The number of rotatable bonds is 8. The SMILES string of the molecule is CCOC(=O)C1C(C(O)P(=O)(OCC)OCC)C1(C)C. The van der Waals surface area contributed by atoms with Gasteiger partial charge < -0.3 is 18.9 Å². The van der Waals surface area contributed by atoms with E-state index < -0.39 is 30.7 Å². The summed E-state index contributed by atoms with van der Waals surface area (Å²) in [7, 11) is -3.63. The van der Waals surface area contributed by atoms with Gasteiger partial charge in [0, 0.05) is 5.92 Å². The molecule has 118 valence electrons. The molecule has 1 N–H and O–H groups in total. The molecule has 0 saturated heterocycles. The molecule has 0 radical (unpaired) electrons. The van der Waals surface area contributed by atoms with Crippen molar-refractivity contribution in [2.75, 3.05) is 19.8 Å². The Hall–Kier alpha value is -0.420. The second kappa shape index (κ2) is 6.56. The summed E-state index contributed by atoms with van der Waals surface area (Å²) in [5.41, 5.74) is -0.477. The summed E-state index contributed by atoms with van der Waals surface area (Å²) in [6, 6.07) is 0. The number of carbonyl (C=O) groups excluding carboxylic acids is 1. The summed E-state index contributed by atoms with van der Waals surface area (Å²) in [4.78, 5) is 11.9. The highest BCUT2D eigenvalue weighted by molar-refractivity contribution is 7.54. The fourth-order valence-electron chi connectivity index (χ4n) is 2.66. The topological polar surface area (TPSA) is 82.1 Å². The number of hydrogen-bond acceptors (Lipinski definition) is 6. The predicted molar refractivity (Wildman–Crippen MR) is 74.3 cm³/mol.